The third kappa shape index (κ3) is 1.22. The molecule has 0 aliphatic heterocycles. The van der Waals surface area contributed by atoms with Crippen LogP contribution in [0.1, 0.15) is 0 Å². The maximum Gasteiger partial charge on any atom is 0.244 e. The van der Waals surface area contributed by atoms with E-state index < -0.39 is 0 Å². The Bertz CT molecular complexity index is 233. The highest BCUT2D eigenvalue weighted by Gasteiger charge is 1.95. The summed E-state index contributed by atoms with van der Waals surface area (Å²) in [5.41, 5.74) is 0.248. The molecule has 52 valence electrons. The first-order valence-corrected chi connectivity index (χ1v) is 2.70. The Balaban J connectivity index is 2.96. The summed E-state index contributed by atoms with van der Waals surface area (Å²) >= 11 is 0. The van der Waals surface area contributed by atoms with Crippen LogP contribution >= 0.6 is 0 Å². The molecule has 1 rings (SSSR count). The average molecular weight is 137 g/mol. The highest BCUT2D eigenvalue weighted by atomic mass is 16.6. The minimum atomic E-state index is 0.0278. The van der Waals surface area contributed by atoms with Gasteiger partial charge in [0, 0.05) is 12.1 Å². The molecule has 0 radical (unpaired) electrons. The molecule has 0 saturated heterocycles. The summed E-state index contributed by atoms with van der Waals surface area (Å²) in [5.74, 6) is 0. The fraction of sp³-hybridized carbons (Fsp3) is 0. The second kappa shape index (κ2) is 2.82. The lowest BCUT2D eigenvalue weighted by Gasteiger charge is -1.98. The second-order valence-corrected chi connectivity index (χ2v) is 1.69. The monoisotopic (exact) mass is 137 g/mol. The van der Waals surface area contributed by atoms with Crippen LogP contribution in [-0.2, 0) is 0 Å². The van der Waals surface area contributed by atoms with Crippen LogP contribution in [0.5, 0.6) is 0 Å². The van der Waals surface area contributed by atoms with E-state index in [0.29, 0.717) is 0 Å². The van der Waals surface area contributed by atoms with E-state index in [4.69, 9.17) is 0 Å². The minimum Gasteiger partial charge on any atom is -0.739 e. The molecule has 1 aromatic rings. The second-order valence-electron chi connectivity index (χ2n) is 1.69. The van der Waals surface area contributed by atoms with Gasteiger partial charge in [-0.25, -0.2) is 0 Å². The van der Waals surface area contributed by atoms with Crippen LogP contribution in [0.25, 0.3) is 0 Å². The van der Waals surface area contributed by atoms with Crippen molar-refractivity contribution in [2.75, 3.05) is 0 Å². The standard InChI is InChI=1S/C6H6N2O2/c9-7-8(10)6-4-2-1-3-5-6/h1-5,9H/p-1/b8-7+. The number of rotatable bonds is 1. The molecule has 0 spiro atoms. The van der Waals surface area contributed by atoms with Gasteiger partial charge in [-0.3, -0.25) is 0 Å². The first-order valence-electron chi connectivity index (χ1n) is 2.70. The molecule has 0 fully saturated rings. The maximum absolute atomic E-state index is 10.5. The molecule has 0 aliphatic rings. The predicted molar refractivity (Wildman–Crippen MR) is 35.5 cm³/mol. The van der Waals surface area contributed by atoms with E-state index in [1.54, 1.807) is 18.2 Å². The topological polar surface area (TPSA) is 61.5 Å². The van der Waals surface area contributed by atoms with Gasteiger partial charge in [0.1, 0.15) is 0 Å². The SMILES string of the molecule is [O-]/N=[N+](/[O-])c1ccccc1. The van der Waals surface area contributed by atoms with Gasteiger partial charge in [0.25, 0.3) is 0 Å². The predicted octanol–water partition coefficient (Wildman–Crippen LogP) is 1.78. The van der Waals surface area contributed by atoms with Gasteiger partial charge in [0.05, 0.1) is 0 Å². The fourth-order valence-corrected chi connectivity index (χ4v) is 0.603. The molecule has 0 unspecified atom stereocenters. The van der Waals surface area contributed by atoms with Crippen molar-refractivity contribution in [3.05, 3.63) is 40.7 Å². The van der Waals surface area contributed by atoms with Crippen LogP contribution < -0.4 is 0 Å². The zero-order valence-corrected chi connectivity index (χ0v) is 5.10. The molecular weight excluding hydrogens is 132 g/mol. The van der Waals surface area contributed by atoms with E-state index in [-0.39, 0.29) is 10.5 Å². The Hall–Kier alpha value is -1.58. The summed E-state index contributed by atoms with van der Waals surface area (Å²) in [4.78, 5) is 0.0278. The van der Waals surface area contributed by atoms with Crippen LogP contribution in [-0.4, -0.2) is 4.86 Å². The molecule has 4 nitrogen and oxygen atoms in total. The number of hydrogen-bond acceptors (Lipinski definition) is 3. The van der Waals surface area contributed by atoms with E-state index in [0.717, 1.165) is 0 Å². The summed E-state index contributed by atoms with van der Waals surface area (Å²) in [6.07, 6.45) is 0. The first kappa shape index (κ1) is 6.54. The van der Waals surface area contributed by atoms with Gasteiger partial charge in [-0.15, -0.1) is 0 Å². The van der Waals surface area contributed by atoms with Crippen LogP contribution in [0.2, 0.25) is 0 Å². The van der Waals surface area contributed by atoms with Gasteiger partial charge in [0.2, 0.25) is 5.69 Å². The minimum absolute atomic E-state index is 0.0278. The molecule has 0 heterocycles. The molecule has 4 heteroatoms. The van der Waals surface area contributed by atoms with Crippen LogP contribution in [0.3, 0.4) is 0 Å². The van der Waals surface area contributed by atoms with Crippen LogP contribution in [0, 0.1) is 10.4 Å². The first-order chi connectivity index (χ1) is 4.84. The highest BCUT2D eigenvalue weighted by molar-refractivity contribution is 5.27. The summed E-state index contributed by atoms with van der Waals surface area (Å²) < 4.78 is 0. The number of nitrogens with zero attached hydrogens (tertiary/aromatic N) is 2. The van der Waals surface area contributed by atoms with Gasteiger partial charge < -0.3 is 10.4 Å². The number of benzene rings is 1. The van der Waals surface area contributed by atoms with E-state index in [1.807, 2.05) is 0 Å². The Morgan fingerprint density at radius 1 is 1.20 bits per heavy atom. The van der Waals surface area contributed by atoms with Crippen molar-refractivity contribution < 1.29 is 4.86 Å². The third-order valence-electron chi connectivity index (χ3n) is 1.05. The molecule has 0 amide bonds. The molecule has 0 aromatic heterocycles. The van der Waals surface area contributed by atoms with Crippen LogP contribution in [0.15, 0.2) is 35.6 Å². The molecule has 0 bridgehead atoms. The fourth-order valence-electron chi connectivity index (χ4n) is 0.603. The lowest BCUT2D eigenvalue weighted by Crippen LogP contribution is -1.87. The lowest BCUT2D eigenvalue weighted by molar-refractivity contribution is -0.436. The van der Waals surface area contributed by atoms with Crippen molar-refractivity contribution in [2.24, 2.45) is 5.28 Å². The molecule has 0 saturated carbocycles. The maximum atomic E-state index is 10.5. The Labute approximate surface area is 57.6 Å². The van der Waals surface area contributed by atoms with E-state index in [2.05, 4.69) is 5.28 Å². The number of para-hydroxylation sites is 1. The molecule has 0 atom stereocenters. The van der Waals surface area contributed by atoms with Crippen molar-refractivity contribution >= 4 is 5.69 Å². The van der Waals surface area contributed by atoms with Crippen molar-refractivity contribution in [1.29, 1.82) is 0 Å². The van der Waals surface area contributed by atoms with E-state index in [9.17, 15) is 10.4 Å². The largest absolute Gasteiger partial charge is 0.739 e. The Kier molecular flexibility index (Phi) is 1.84. The normalized spacial score (nSPS) is 11.4. The van der Waals surface area contributed by atoms with Crippen molar-refractivity contribution in [2.45, 2.75) is 0 Å². The Morgan fingerprint density at radius 3 is 2.30 bits per heavy atom. The number of hydrogen-bond donors (Lipinski definition) is 0. The quantitative estimate of drug-likeness (QED) is 0.336. The van der Waals surface area contributed by atoms with Crippen LogP contribution in [0.4, 0.5) is 5.69 Å². The van der Waals surface area contributed by atoms with E-state index in [1.165, 1.54) is 12.1 Å². The van der Waals surface area contributed by atoms with Crippen molar-refractivity contribution in [1.82, 2.24) is 0 Å². The summed E-state index contributed by atoms with van der Waals surface area (Å²) in [5, 5.41) is 22.3. The summed E-state index contributed by atoms with van der Waals surface area (Å²) in [6, 6.07) is 8.09. The average Bonchev–Trinajstić information content (AvgIpc) is 2.05. The van der Waals surface area contributed by atoms with Gasteiger partial charge in [0.15, 0.2) is 0 Å². The van der Waals surface area contributed by atoms with Crippen molar-refractivity contribution in [3.8, 4) is 0 Å². The summed E-state index contributed by atoms with van der Waals surface area (Å²) in [7, 11) is 0. The summed E-state index contributed by atoms with van der Waals surface area (Å²) in [6.45, 7) is 0. The molecule has 0 N–H and O–H groups in total. The molecule has 10 heavy (non-hydrogen) atoms. The zero-order chi connectivity index (χ0) is 7.40. The van der Waals surface area contributed by atoms with Gasteiger partial charge in [-0.1, -0.05) is 23.1 Å². The van der Waals surface area contributed by atoms with Gasteiger partial charge >= 0.3 is 0 Å². The van der Waals surface area contributed by atoms with Gasteiger partial charge in [-0.2, -0.15) is 0 Å². The molecule has 0 aliphatic carbocycles. The van der Waals surface area contributed by atoms with E-state index >= 15 is 0 Å². The van der Waals surface area contributed by atoms with Crippen molar-refractivity contribution in [3.63, 3.8) is 0 Å². The highest BCUT2D eigenvalue weighted by Crippen LogP contribution is 2.08. The lowest BCUT2D eigenvalue weighted by atomic mass is 10.3. The third-order valence-corrected chi connectivity index (χ3v) is 1.05. The Morgan fingerprint density at radius 2 is 1.80 bits per heavy atom. The smallest absolute Gasteiger partial charge is 0.244 e. The molecular formula is C6H5N2O2-. The zero-order valence-electron chi connectivity index (χ0n) is 5.10. The van der Waals surface area contributed by atoms with Gasteiger partial charge in [-0.05, 0) is 5.28 Å². The molecule has 1 aromatic carbocycles.